The SMILES string of the molecule is [NH3+][C@H]1CCCN(CCNC(=O)OCc2ccccc2)CC1. The van der Waals surface area contributed by atoms with Crippen molar-refractivity contribution in [1.29, 1.82) is 0 Å². The van der Waals surface area contributed by atoms with Gasteiger partial charge in [-0.3, -0.25) is 0 Å². The van der Waals surface area contributed by atoms with Crippen LogP contribution in [-0.4, -0.2) is 43.2 Å². The maximum absolute atomic E-state index is 11.6. The predicted octanol–water partition coefficient (Wildman–Crippen LogP) is 1.01. The van der Waals surface area contributed by atoms with E-state index in [9.17, 15) is 4.79 Å². The van der Waals surface area contributed by atoms with E-state index in [4.69, 9.17) is 4.74 Å². The van der Waals surface area contributed by atoms with E-state index < -0.39 is 0 Å². The minimum Gasteiger partial charge on any atom is -0.445 e. The van der Waals surface area contributed by atoms with Gasteiger partial charge < -0.3 is 20.7 Å². The summed E-state index contributed by atoms with van der Waals surface area (Å²) in [6, 6.07) is 10.3. The van der Waals surface area contributed by atoms with Crippen molar-refractivity contribution in [1.82, 2.24) is 10.2 Å². The van der Waals surface area contributed by atoms with Crippen molar-refractivity contribution in [2.45, 2.75) is 31.9 Å². The third kappa shape index (κ3) is 6.14. The van der Waals surface area contributed by atoms with Crippen molar-refractivity contribution in [3.8, 4) is 0 Å². The highest BCUT2D eigenvalue weighted by molar-refractivity contribution is 5.67. The molecule has 0 aliphatic carbocycles. The van der Waals surface area contributed by atoms with Crippen molar-refractivity contribution in [3.63, 3.8) is 0 Å². The molecule has 0 unspecified atom stereocenters. The van der Waals surface area contributed by atoms with Gasteiger partial charge in [-0.05, 0) is 18.5 Å². The topological polar surface area (TPSA) is 69.2 Å². The fraction of sp³-hybridized carbons (Fsp3) is 0.562. The molecule has 5 heteroatoms. The zero-order chi connectivity index (χ0) is 14.9. The summed E-state index contributed by atoms with van der Waals surface area (Å²) < 4.78 is 5.18. The van der Waals surface area contributed by atoms with Gasteiger partial charge >= 0.3 is 6.09 Å². The molecule has 0 bridgehead atoms. The number of carbonyl (C=O) groups is 1. The number of benzene rings is 1. The van der Waals surface area contributed by atoms with Crippen LogP contribution in [0, 0.1) is 0 Å². The van der Waals surface area contributed by atoms with E-state index in [2.05, 4.69) is 16.0 Å². The summed E-state index contributed by atoms with van der Waals surface area (Å²) in [7, 11) is 0. The first-order valence-corrected chi connectivity index (χ1v) is 7.74. The molecule has 0 spiro atoms. The van der Waals surface area contributed by atoms with Crippen LogP contribution in [0.15, 0.2) is 30.3 Å². The minimum absolute atomic E-state index is 0.319. The van der Waals surface area contributed by atoms with Gasteiger partial charge in [-0.2, -0.15) is 0 Å². The quantitative estimate of drug-likeness (QED) is 0.851. The van der Waals surface area contributed by atoms with E-state index in [-0.39, 0.29) is 6.09 Å². The maximum Gasteiger partial charge on any atom is 0.407 e. The predicted molar refractivity (Wildman–Crippen MR) is 81.6 cm³/mol. The summed E-state index contributed by atoms with van der Waals surface area (Å²) >= 11 is 0. The van der Waals surface area contributed by atoms with Crippen LogP contribution in [0.3, 0.4) is 0 Å². The molecule has 2 rings (SSSR count). The van der Waals surface area contributed by atoms with Gasteiger partial charge in [0.15, 0.2) is 0 Å². The molecule has 1 aliphatic rings. The Labute approximate surface area is 126 Å². The number of alkyl carbamates (subject to hydrolysis) is 1. The molecular formula is C16H26N3O2+. The molecule has 1 aromatic rings. The number of carbonyl (C=O) groups excluding carboxylic acids is 1. The normalized spacial score (nSPS) is 19.8. The van der Waals surface area contributed by atoms with E-state index in [1.807, 2.05) is 30.3 Å². The highest BCUT2D eigenvalue weighted by Crippen LogP contribution is 2.07. The molecule has 0 aromatic heterocycles. The number of likely N-dealkylation sites (tertiary alicyclic amines) is 1. The lowest BCUT2D eigenvalue weighted by Crippen LogP contribution is -2.60. The summed E-state index contributed by atoms with van der Waals surface area (Å²) in [6.07, 6.45) is 3.22. The zero-order valence-corrected chi connectivity index (χ0v) is 12.6. The Bertz CT molecular complexity index is 425. The van der Waals surface area contributed by atoms with Crippen LogP contribution >= 0.6 is 0 Å². The summed E-state index contributed by atoms with van der Waals surface area (Å²) in [5.74, 6) is 0. The summed E-state index contributed by atoms with van der Waals surface area (Å²) in [4.78, 5) is 14.0. The van der Waals surface area contributed by atoms with Crippen LogP contribution in [0.2, 0.25) is 0 Å². The highest BCUT2D eigenvalue weighted by Gasteiger charge is 2.15. The number of nitrogens with zero attached hydrogens (tertiary/aromatic N) is 1. The zero-order valence-electron chi connectivity index (χ0n) is 12.6. The Morgan fingerprint density at radius 3 is 2.90 bits per heavy atom. The number of nitrogens with one attached hydrogen (secondary N) is 1. The lowest BCUT2D eigenvalue weighted by Gasteiger charge is -2.19. The molecule has 1 heterocycles. The fourth-order valence-electron chi connectivity index (χ4n) is 2.54. The Morgan fingerprint density at radius 1 is 1.29 bits per heavy atom. The van der Waals surface area contributed by atoms with Crippen LogP contribution in [0.5, 0.6) is 0 Å². The van der Waals surface area contributed by atoms with Crippen molar-refractivity contribution >= 4 is 6.09 Å². The molecule has 0 saturated carbocycles. The van der Waals surface area contributed by atoms with Crippen LogP contribution < -0.4 is 11.1 Å². The molecule has 1 aromatic carbocycles. The molecule has 21 heavy (non-hydrogen) atoms. The molecule has 1 aliphatic heterocycles. The molecule has 1 saturated heterocycles. The van der Waals surface area contributed by atoms with Gasteiger partial charge in [0.2, 0.25) is 0 Å². The first-order chi connectivity index (χ1) is 10.2. The Kier molecular flexibility index (Phi) is 6.50. The minimum atomic E-state index is -0.344. The van der Waals surface area contributed by atoms with Crippen molar-refractivity contribution < 1.29 is 15.3 Å². The number of rotatable bonds is 5. The monoisotopic (exact) mass is 292 g/mol. The molecule has 0 radical (unpaired) electrons. The van der Waals surface area contributed by atoms with E-state index in [1.54, 1.807) is 0 Å². The smallest absolute Gasteiger partial charge is 0.407 e. The lowest BCUT2D eigenvalue weighted by molar-refractivity contribution is -0.421. The largest absolute Gasteiger partial charge is 0.445 e. The first kappa shape index (κ1) is 15.8. The van der Waals surface area contributed by atoms with Crippen LogP contribution in [0.25, 0.3) is 0 Å². The van der Waals surface area contributed by atoms with Crippen molar-refractivity contribution in [3.05, 3.63) is 35.9 Å². The Balaban J connectivity index is 1.58. The van der Waals surface area contributed by atoms with Crippen LogP contribution in [-0.2, 0) is 11.3 Å². The number of ether oxygens (including phenoxy) is 1. The molecule has 5 nitrogen and oxygen atoms in total. The lowest BCUT2D eigenvalue weighted by atomic mass is 10.1. The first-order valence-electron chi connectivity index (χ1n) is 7.74. The maximum atomic E-state index is 11.6. The van der Waals surface area contributed by atoms with E-state index in [0.717, 1.165) is 31.6 Å². The number of hydrogen-bond acceptors (Lipinski definition) is 3. The summed E-state index contributed by atoms with van der Waals surface area (Å²) in [6.45, 7) is 4.02. The third-order valence-electron chi connectivity index (χ3n) is 3.85. The second-order valence-corrected chi connectivity index (χ2v) is 5.63. The number of quaternary nitrogens is 1. The van der Waals surface area contributed by atoms with Gasteiger partial charge in [0.05, 0.1) is 6.04 Å². The van der Waals surface area contributed by atoms with Gasteiger partial charge in [0.1, 0.15) is 6.61 Å². The second-order valence-electron chi connectivity index (χ2n) is 5.63. The average molecular weight is 292 g/mol. The second kappa shape index (κ2) is 8.64. The number of amides is 1. The molecule has 116 valence electrons. The van der Waals surface area contributed by atoms with E-state index >= 15 is 0 Å². The van der Waals surface area contributed by atoms with E-state index in [1.165, 1.54) is 12.8 Å². The van der Waals surface area contributed by atoms with Crippen molar-refractivity contribution in [2.75, 3.05) is 26.2 Å². The van der Waals surface area contributed by atoms with Gasteiger partial charge in [-0.1, -0.05) is 30.3 Å². The van der Waals surface area contributed by atoms with Gasteiger partial charge in [0.25, 0.3) is 0 Å². The molecule has 4 N–H and O–H groups in total. The number of hydrogen-bond donors (Lipinski definition) is 2. The molecule has 1 amide bonds. The molecule has 1 fully saturated rings. The Morgan fingerprint density at radius 2 is 2.10 bits per heavy atom. The van der Waals surface area contributed by atoms with Crippen LogP contribution in [0.1, 0.15) is 24.8 Å². The average Bonchev–Trinajstić information content (AvgIpc) is 2.71. The summed E-state index contributed by atoms with van der Waals surface area (Å²) in [5.41, 5.74) is 5.14. The highest BCUT2D eigenvalue weighted by atomic mass is 16.5. The standard InChI is InChI=1S/C16H25N3O2/c17-15-7-4-10-19(11-8-15)12-9-18-16(20)21-13-14-5-2-1-3-6-14/h1-3,5-6,15H,4,7-13,17H2,(H,18,20)/p+1/t15-/m0/s1. The Hall–Kier alpha value is -1.59. The molecular weight excluding hydrogens is 266 g/mol. The van der Waals surface area contributed by atoms with Crippen LogP contribution in [0.4, 0.5) is 4.79 Å². The third-order valence-corrected chi connectivity index (χ3v) is 3.85. The van der Waals surface area contributed by atoms with Gasteiger partial charge in [-0.25, -0.2) is 4.79 Å². The fourth-order valence-corrected chi connectivity index (χ4v) is 2.54. The van der Waals surface area contributed by atoms with E-state index in [0.29, 0.717) is 19.2 Å². The van der Waals surface area contributed by atoms with Gasteiger partial charge in [0, 0.05) is 32.5 Å². The van der Waals surface area contributed by atoms with Crippen molar-refractivity contribution in [2.24, 2.45) is 0 Å². The van der Waals surface area contributed by atoms with Gasteiger partial charge in [-0.15, -0.1) is 0 Å². The molecule has 1 atom stereocenters. The summed E-state index contributed by atoms with van der Waals surface area (Å²) in [5, 5.41) is 2.81.